The Hall–Kier alpha value is -0.980. The van der Waals surface area contributed by atoms with Gasteiger partial charge in [0.1, 0.15) is 5.82 Å². The van der Waals surface area contributed by atoms with Crippen LogP contribution in [0.15, 0.2) is 23.1 Å². The fourth-order valence-electron chi connectivity index (χ4n) is 2.47. The highest BCUT2D eigenvalue weighted by molar-refractivity contribution is 7.89. The molecule has 20 heavy (non-hydrogen) atoms. The van der Waals surface area contributed by atoms with Gasteiger partial charge in [0.25, 0.3) is 0 Å². The second-order valence-electron chi connectivity index (χ2n) is 5.10. The van der Waals surface area contributed by atoms with Gasteiger partial charge < -0.3 is 5.32 Å². The fraction of sp³-hybridized carbons (Fsp3) is 0.571. The molecule has 1 aliphatic heterocycles. The third-order valence-electron chi connectivity index (χ3n) is 3.59. The maximum Gasteiger partial charge on any atom is 0.243 e. The average Bonchev–Trinajstić information content (AvgIpc) is 2.70. The molecule has 0 spiro atoms. The molecule has 0 aromatic heterocycles. The molecule has 6 heteroatoms. The Balaban J connectivity index is 2.30. The molecule has 1 N–H and O–H groups in total. The highest BCUT2D eigenvalue weighted by atomic mass is 32.2. The lowest BCUT2D eigenvalue weighted by molar-refractivity contribution is 0.423. The van der Waals surface area contributed by atoms with E-state index in [1.165, 1.54) is 22.5 Å². The average molecular weight is 300 g/mol. The second kappa shape index (κ2) is 6.65. The van der Waals surface area contributed by atoms with Crippen molar-refractivity contribution in [2.45, 2.75) is 37.1 Å². The Kier molecular flexibility index (Phi) is 5.12. The van der Waals surface area contributed by atoms with E-state index in [4.69, 9.17) is 0 Å². The van der Waals surface area contributed by atoms with Crippen molar-refractivity contribution in [2.75, 3.05) is 20.1 Å². The Morgan fingerprint density at radius 2 is 1.85 bits per heavy atom. The molecule has 112 valence electrons. The van der Waals surface area contributed by atoms with E-state index in [1.807, 2.05) is 0 Å². The molecule has 1 fully saturated rings. The van der Waals surface area contributed by atoms with Crippen LogP contribution in [0.1, 0.15) is 31.2 Å². The number of nitrogens with zero attached hydrogens (tertiary/aromatic N) is 1. The number of hydrogen-bond acceptors (Lipinski definition) is 3. The summed E-state index contributed by atoms with van der Waals surface area (Å²) in [4.78, 5) is 0.186. The highest BCUT2D eigenvalue weighted by Crippen LogP contribution is 2.22. The molecule has 1 saturated heterocycles. The minimum atomic E-state index is -3.50. The van der Waals surface area contributed by atoms with Gasteiger partial charge in [-0.25, -0.2) is 12.8 Å². The van der Waals surface area contributed by atoms with Gasteiger partial charge in [-0.2, -0.15) is 4.31 Å². The number of hydrogen-bond donors (Lipinski definition) is 1. The number of nitrogens with one attached hydrogen (secondary N) is 1. The number of benzene rings is 1. The molecular formula is C14H21FN2O2S. The predicted octanol–water partition coefficient (Wildman–Crippen LogP) is 2.11. The summed E-state index contributed by atoms with van der Waals surface area (Å²) < 4.78 is 40.3. The molecular weight excluding hydrogens is 279 g/mol. The molecule has 1 heterocycles. The van der Waals surface area contributed by atoms with Gasteiger partial charge >= 0.3 is 0 Å². The van der Waals surface area contributed by atoms with Crippen molar-refractivity contribution in [3.05, 3.63) is 29.6 Å². The molecule has 0 atom stereocenters. The number of rotatable bonds is 4. The minimum absolute atomic E-state index is 0.186. The predicted molar refractivity (Wildman–Crippen MR) is 76.4 cm³/mol. The minimum Gasteiger partial charge on any atom is -0.316 e. The van der Waals surface area contributed by atoms with Crippen LogP contribution in [0.4, 0.5) is 4.39 Å². The third kappa shape index (κ3) is 3.37. The van der Waals surface area contributed by atoms with Crippen LogP contribution < -0.4 is 5.32 Å². The fourth-order valence-corrected chi connectivity index (χ4v) is 4.04. The molecule has 0 aliphatic carbocycles. The van der Waals surface area contributed by atoms with Gasteiger partial charge in [0.15, 0.2) is 0 Å². The molecule has 1 aromatic carbocycles. The Bertz CT molecular complexity index is 552. The monoisotopic (exact) mass is 300 g/mol. The first kappa shape index (κ1) is 15.4. The zero-order valence-corrected chi connectivity index (χ0v) is 12.5. The molecule has 0 unspecified atom stereocenters. The van der Waals surface area contributed by atoms with E-state index in [2.05, 4.69) is 5.32 Å². The number of sulfonamides is 1. The Morgan fingerprint density at radius 1 is 1.20 bits per heavy atom. The highest BCUT2D eigenvalue weighted by Gasteiger charge is 2.25. The lowest BCUT2D eigenvalue weighted by atomic mass is 10.2. The summed E-state index contributed by atoms with van der Waals surface area (Å²) in [6.45, 7) is 1.43. The van der Waals surface area contributed by atoms with Crippen molar-refractivity contribution >= 4 is 10.0 Å². The summed E-state index contributed by atoms with van der Waals surface area (Å²) in [6, 6.07) is 4.03. The smallest absolute Gasteiger partial charge is 0.243 e. The topological polar surface area (TPSA) is 49.4 Å². The Labute approximate surface area is 120 Å². The van der Waals surface area contributed by atoms with Gasteiger partial charge in [-0.1, -0.05) is 12.8 Å². The van der Waals surface area contributed by atoms with Crippen molar-refractivity contribution in [2.24, 2.45) is 0 Å². The summed E-state index contributed by atoms with van der Waals surface area (Å²) in [5.41, 5.74) is 0.378. The van der Waals surface area contributed by atoms with Crippen LogP contribution in [0.2, 0.25) is 0 Å². The summed E-state index contributed by atoms with van der Waals surface area (Å²) in [6.07, 6.45) is 3.93. The summed E-state index contributed by atoms with van der Waals surface area (Å²) >= 11 is 0. The molecule has 1 aromatic rings. The van der Waals surface area contributed by atoms with Crippen molar-refractivity contribution in [3.63, 3.8) is 0 Å². The molecule has 0 amide bonds. The van der Waals surface area contributed by atoms with E-state index >= 15 is 0 Å². The van der Waals surface area contributed by atoms with E-state index < -0.39 is 10.0 Å². The molecule has 0 saturated carbocycles. The molecule has 0 radical (unpaired) electrons. The van der Waals surface area contributed by atoms with Crippen molar-refractivity contribution in [1.82, 2.24) is 9.62 Å². The molecule has 4 nitrogen and oxygen atoms in total. The van der Waals surface area contributed by atoms with Crippen LogP contribution >= 0.6 is 0 Å². The van der Waals surface area contributed by atoms with E-state index in [0.29, 0.717) is 25.2 Å². The molecule has 2 rings (SSSR count). The van der Waals surface area contributed by atoms with Crippen LogP contribution in [0, 0.1) is 5.82 Å². The summed E-state index contributed by atoms with van der Waals surface area (Å²) in [7, 11) is -1.80. The normalized spacial score (nSPS) is 17.9. The van der Waals surface area contributed by atoms with Crippen molar-refractivity contribution in [1.29, 1.82) is 0 Å². The standard InChI is InChI=1S/C14H21FN2O2S/c1-16-11-12-10-13(6-7-14(12)15)20(18,19)17-8-4-2-3-5-9-17/h6-7,10,16H,2-5,8-9,11H2,1H3. The third-order valence-corrected chi connectivity index (χ3v) is 5.48. The van der Waals surface area contributed by atoms with E-state index in [1.54, 1.807) is 7.05 Å². The lowest BCUT2D eigenvalue weighted by Gasteiger charge is -2.20. The van der Waals surface area contributed by atoms with Gasteiger partial charge in [0.2, 0.25) is 10.0 Å². The maximum atomic E-state index is 13.6. The lowest BCUT2D eigenvalue weighted by Crippen LogP contribution is -2.32. The summed E-state index contributed by atoms with van der Waals surface area (Å²) in [5, 5.41) is 2.84. The van der Waals surface area contributed by atoms with E-state index in [0.717, 1.165) is 25.7 Å². The first-order chi connectivity index (χ1) is 9.55. The summed E-state index contributed by atoms with van der Waals surface area (Å²) in [5.74, 6) is -0.380. The van der Waals surface area contributed by atoms with Crippen molar-refractivity contribution < 1.29 is 12.8 Å². The van der Waals surface area contributed by atoms with Crippen LogP contribution in [0.3, 0.4) is 0 Å². The second-order valence-corrected chi connectivity index (χ2v) is 7.04. The van der Waals surface area contributed by atoms with Gasteiger partial charge in [-0.05, 0) is 38.1 Å². The van der Waals surface area contributed by atoms with Gasteiger partial charge in [-0.15, -0.1) is 0 Å². The van der Waals surface area contributed by atoms with Crippen LogP contribution in [0.25, 0.3) is 0 Å². The molecule has 1 aliphatic rings. The largest absolute Gasteiger partial charge is 0.316 e. The van der Waals surface area contributed by atoms with Gasteiger partial charge in [-0.3, -0.25) is 0 Å². The van der Waals surface area contributed by atoms with Crippen molar-refractivity contribution in [3.8, 4) is 0 Å². The van der Waals surface area contributed by atoms with Crippen LogP contribution in [-0.4, -0.2) is 32.9 Å². The van der Waals surface area contributed by atoms with Crippen LogP contribution in [-0.2, 0) is 16.6 Å². The maximum absolute atomic E-state index is 13.6. The van der Waals surface area contributed by atoms with E-state index in [-0.39, 0.29) is 10.7 Å². The van der Waals surface area contributed by atoms with Crippen LogP contribution in [0.5, 0.6) is 0 Å². The Morgan fingerprint density at radius 3 is 2.45 bits per heavy atom. The zero-order valence-electron chi connectivity index (χ0n) is 11.7. The first-order valence-electron chi connectivity index (χ1n) is 6.99. The molecule has 0 bridgehead atoms. The SMILES string of the molecule is CNCc1cc(S(=O)(=O)N2CCCCCC2)ccc1F. The van der Waals surface area contributed by atoms with Gasteiger partial charge in [0.05, 0.1) is 4.90 Å². The number of halogens is 1. The van der Waals surface area contributed by atoms with Gasteiger partial charge in [0, 0.05) is 25.2 Å². The van der Waals surface area contributed by atoms with E-state index in [9.17, 15) is 12.8 Å². The quantitative estimate of drug-likeness (QED) is 0.926. The zero-order chi connectivity index (χ0) is 14.6. The first-order valence-corrected chi connectivity index (χ1v) is 8.43.